The first-order valence-corrected chi connectivity index (χ1v) is 7.89. The Balaban J connectivity index is 1.69. The van der Waals surface area contributed by atoms with Crippen LogP contribution in [0.5, 0.6) is 0 Å². The van der Waals surface area contributed by atoms with Crippen LogP contribution in [-0.2, 0) is 0 Å². The van der Waals surface area contributed by atoms with Crippen LogP contribution in [0.4, 0.5) is 5.69 Å². The number of nitrogens with two attached hydrogens (primary N) is 1. The Bertz CT molecular complexity index is 958. The van der Waals surface area contributed by atoms with E-state index >= 15 is 0 Å². The van der Waals surface area contributed by atoms with Crippen LogP contribution in [-0.4, -0.2) is 4.98 Å². The summed E-state index contributed by atoms with van der Waals surface area (Å²) >= 11 is 6.10. The maximum atomic E-state index is 9.29. The van der Waals surface area contributed by atoms with Gasteiger partial charge in [0.2, 0.25) is 0 Å². The van der Waals surface area contributed by atoms with Crippen LogP contribution in [0, 0.1) is 11.3 Å². The Morgan fingerprint density at radius 3 is 2.74 bits per heavy atom. The summed E-state index contributed by atoms with van der Waals surface area (Å²) in [5.74, 6) is 0.653. The minimum absolute atomic E-state index is 0.314. The summed E-state index contributed by atoms with van der Waals surface area (Å²) in [6.45, 7) is 0. The zero-order valence-corrected chi connectivity index (χ0v) is 13.1. The Morgan fingerprint density at radius 2 is 1.91 bits per heavy atom. The number of nitrogens with zero attached hydrogens (tertiary/aromatic N) is 2. The van der Waals surface area contributed by atoms with Crippen LogP contribution in [0.25, 0.3) is 10.9 Å². The molecule has 0 amide bonds. The number of nitrogen functional groups attached to an aromatic ring is 1. The van der Waals surface area contributed by atoms with Gasteiger partial charge in [0.1, 0.15) is 0 Å². The summed E-state index contributed by atoms with van der Waals surface area (Å²) in [6, 6.07) is 17.6. The SMILES string of the molecule is N#Cc1ccc(Cl)cc1[C@H]1C[C@@H]1c1ccc2ccc(N)cc2n1. The third kappa shape index (κ3) is 2.52. The second kappa shape index (κ2) is 5.26. The van der Waals surface area contributed by atoms with Gasteiger partial charge in [0.05, 0.1) is 17.1 Å². The van der Waals surface area contributed by atoms with Crippen molar-refractivity contribution in [2.24, 2.45) is 0 Å². The number of hydrogen-bond acceptors (Lipinski definition) is 3. The molecule has 0 radical (unpaired) electrons. The highest BCUT2D eigenvalue weighted by Gasteiger charge is 2.41. The fourth-order valence-corrected chi connectivity index (χ4v) is 3.34. The second-order valence-electron chi connectivity index (χ2n) is 5.98. The minimum atomic E-state index is 0.314. The molecule has 3 aromatic rings. The Hall–Kier alpha value is -2.57. The van der Waals surface area contributed by atoms with Gasteiger partial charge in [-0.3, -0.25) is 4.98 Å². The predicted octanol–water partition coefficient (Wildman–Crippen LogP) is 4.61. The zero-order valence-electron chi connectivity index (χ0n) is 12.3. The van der Waals surface area contributed by atoms with Crippen molar-refractivity contribution in [2.45, 2.75) is 18.3 Å². The maximum absolute atomic E-state index is 9.29. The Morgan fingerprint density at radius 1 is 1.09 bits per heavy atom. The van der Waals surface area contributed by atoms with Crippen LogP contribution >= 0.6 is 11.6 Å². The van der Waals surface area contributed by atoms with Crippen molar-refractivity contribution in [3.05, 3.63) is 70.4 Å². The number of nitriles is 1. The molecule has 0 saturated heterocycles. The molecule has 2 aromatic carbocycles. The zero-order chi connectivity index (χ0) is 16.0. The van der Waals surface area contributed by atoms with Crippen LogP contribution in [0.2, 0.25) is 5.02 Å². The fourth-order valence-electron chi connectivity index (χ4n) is 3.16. The van der Waals surface area contributed by atoms with E-state index in [4.69, 9.17) is 22.3 Å². The van der Waals surface area contributed by atoms with Crippen molar-refractivity contribution in [3.8, 4) is 6.07 Å². The molecule has 1 saturated carbocycles. The topological polar surface area (TPSA) is 62.7 Å². The van der Waals surface area contributed by atoms with E-state index in [9.17, 15) is 5.26 Å². The summed E-state index contributed by atoms with van der Waals surface area (Å²) in [4.78, 5) is 4.76. The van der Waals surface area contributed by atoms with Gasteiger partial charge in [0.15, 0.2) is 0 Å². The molecule has 0 unspecified atom stereocenters. The van der Waals surface area contributed by atoms with E-state index in [2.05, 4.69) is 18.2 Å². The summed E-state index contributed by atoms with van der Waals surface area (Å²) in [7, 11) is 0. The molecule has 1 heterocycles. The van der Waals surface area contributed by atoms with Gasteiger partial charge in [-0.05, 0) is 54.3 Å². The molecule has 23 heavy (non-hydrogen) atoms. The lowest BCUT2D eigenvalue weighted by Crippen LogP contribution is -1.93. The first-order chi connectivity index (χ1) is 11.2. The van der Waals surface area contributed by atoms with Crippen molar-refractivity contribution in [1.82, 2.24) is 4.98 Å². The lowest BCUT2D eigenvalue weighted by molar-refractivity contribution is 0.976. The molecule has 2 atom stereocenters. The number of fused-ring (bicyclic) bond motifs is 1. The molecule has 1 aromatic heterocycles. The lowest BCUT2D eigenvalue weighted by atomic mass is 10.0. The van der Waals surface area contributed by atoms with Crippen LogP contribution in [0.15, 0.2) is 48.5 Å². The summed E-state index contributed by atoms with van der Waals surface area (Å²) in [5.41, 5.74) is 10.3. The summed E-state index contributed by atoms with van der Waals surface area (Å²) in [6.07, 6.45) is 0.996. The average Bonchev–Trinajstić information content (AvgIpc) is 3.34. The van der Waals surface area contributed by atoms with Crippen molar-refractivity contribution in [3.63, 3.8) is 0 Å². The third-order valence-corrected chi connectivity index (χ3v) is 4.68. The van der Waals surface area contributed by atoms with Gasteiger partial charge in [-0.25, -0.2) is 0 Å². The quantitative estimate of drug-likeness (QED) is 0.701. The number of halogens is 1. The Kier molecular flexibility index (Phi) is 3.21. The molecule has 112 valence electrons. The molecule has 1 aliphatic rings. The van der Waals surface area contributed by atoms with Crippen molar-refractivity contribution in [2.75, 3.05) is 5.73 Å². The number of benzene rings is 2. The van der Waals surface area contributed by atoms with Gasteiger partial charge in [-0.15, -0.1) is 0 Å². The molecule has 4 rings (SSSR count). The first-order valence-electron chi connectivity index (χ1n) is 7.51. The van der Waals surface area contributed by atoms with Crippen molar-refractivity contribution >= 4 is 28.2 Å². The predicted molar refractivity (Wildman–Crippen MR) is 92.4 cm³/mol. The molecule has 0 spiro atoms. The van der Waals surface area contributed by atoms with E-state index in [0.29, 0.717) is 22.4 Å². The second-order valence-corrected chi connectivity index (χ2v) is 6.42. The highest BCUT2D eigenvalue weighted by molar-refractivity contribution is 6.30. The monoisotopic (exact) mass is 319 g/mol. The van der Waals surface area contributed by atoms with E-state index < -0.39 is 0 Å². The van der Waals surface area contributed by atoms with Gasteiger partial charge in [-0.2, -0.15) is 5.26 Å². The molecule has 0 bridgehead atoms. The molecular weight excluding hydrogens is 306 g/mol. The maximum Gasteiger partial charge on any atom is 0.0994 e. The number of anilines is 1. The lowest BCUT2D eigenvalue weighted by Gasteiger charge is -2.06. The first kappa shape index (κ1) is 14.0. The van der Waals surface area contributed by atoms with Crippen LogP contribution in [0.1, 0.15) is 35.1 Å². The normalized spacial score (nSPS) is 19.5. The molecule has 0 aliphatic heterocycles. The minimum Gasteiger partial charge on any atom is -0.399 e. The van der Waals surface area contributed by atoms with Crippen LogP contribution in [0.3, 0.4) is 0 Å². The summed E-state index contributed by atoms with van der Waals surface area (Å²) in [5, 5.41) is 11.0. The van der Waals surface area contributed by atoms with E-state index in [0.717, 1.165) is 34.3 Å². The van der Waals surface area contributed by atoms with Gasteiger partial charge in [0, 0.05) is 27.7 Å². The number of aromatic nitrogens is 1. The number of pyridine rings is 1. The van der Waals surface area contributed by atoms with E-state index in [-0.39, 0.29) is 0 Å². The largest absolute Gasteiger partial charge is 0.399 e. The van der Waals surface area contributed by atoms with Gasteiger partial charge in [-0.1, -0.05) is 23.7 Å². The van der Waals surface area contributed by atoms with E-state index in [1.807, 2.05) is 24.3 Å². The van der Waals surface area contributed by atoms with E-state index in [1.54, 1.807) is 12.1 Å². The highest BCUT2D eigenvalue weighted by Crippen LogP contribution is 2.55. The average molecular weight is 320 g/mol. The van der Waals surface area contributed by atoms with Gasteiger partial charge in [0.25, 0.3) is 0 Å². The fraction of sp³-hybridized carbons (Fsp3) is 0.158. The van der Waals surface area contributed by atoms with Crippen molar-refractivity contribution in [1.29, 1.82) is 5.26 Å². The molecule has 4 heteroatoms. The number of rotatable bonds is 2. The smallest absolute Gasteiger partial charge is 0.0994 e. The number of hydrogen-bond donors (Lipinski definition) is 1. The standard InChI is InChI=1S/C19H14ClN3/c20-13-4-1-12(10-21)15(7-13)16-9-17(16)18-6-3-11-2-5-14(22)8-19(11)23-18/h1-8,16-17H,9,22H2/t16-,17+/m1/s1. The molecule has 1 aliphatic carbocycles. The molecule has 3 nitrogen and oxygen atoms in total. The molecule has 1 fully saturated rings. The van der Waals surface area contributed by atoms with Gasteiger partial charge < -0.3 is 5.73 Å². The highest BCUT2D eigenvalue weighted by atomic mass is 35.5. The Labute approximate surface area is 139 Å². The van der Waals surface area contributed by atoms with Crippen molar-refractivity contribution < 1.29 is 0 Å². The molecular formula is C19H14ClN3. The third-order valence-electron chi connectivity index (χ3n) is 4.44. The summed E-state index contributed by atoms with van der Waals surface area (Å²) < 4.78 is 0. The molecule has 2 N–H and O–H groups in total. The van der Waals surface area contributed by atoms with Gasteiger partial charge >= 0.3 is 0 Å². The van der Waals surface area contributed by atoms with Crippen LogP contribution < -0.4 is 5.73 Å². The van der Waals surface area contributed by atoms with E-state index in [1.165, 1.54) is 0 Å².